The second kappa shape index (κ2) is 19.1. The Labute approximate surface area is 450 Å². The molecule has 9 aromatic rings. The maximum atomic E-state index is 16.5. The number of rotatable bonds is 5. The van der Waals surface area contributed by atoms with Crippen molar-refractivity contribution < 1.29 is 110 Å². The Morgan fingerprint density at radius 2 is 0.435 bits per heavy atom. The number of aromatic amines is 1. The van der Waals surface area contributed by atoms with Gasteiger partial charge in [-0.2, -0.15) is 0 Å². The number of fused-ring (bicyclic) bond motifs is 7. The van der Waals surface area contributed by atoms with Crippen molar-refractivity contribution in [2.45, 2.75) is 0 Å². The van der Waals surface area contributed by atoms with Gasteiger partial charge in [0.2, 0.25) is 29.1 Å². The average molecular weight is 1220 g/mol. The molecule has 12 rings (SSSR count). The zero-order chi connectivity index (χ0) is 61.3. The van der Waals surface area contributed by atoms with Crippen LogP contribution in [-0.2, 0) is 0 Å². The van der Waals surface area contributed by atoms with E-state index in [4.69, 9.17) is 0 Å². The molecule has 1 N–H and O–H groups in total. The molecule has 30 heteroatoms. The number of halogens is 25. The number of hydrogen-bond acceptors (Lipinski definition) is 3. The molecule has 5 aromatic carbocycles. The van der Waals surface area contributed by atoms with Gasteiger partial charge in [0.15, 0.2) is 116 Å². The van der Waals surface area contributed by atoms with Gasteiger partial charge in [0.25, 0.3) is 0 Å². The quantitative estimate of drug-likeness (QED) is 0.106. The molecule has 3 aliphatic heterocycles. The fourth-order valence-corrected chi connectivity index (χ4v) is 10.0. The van der Waals surface area contributed by atoms with Crippen LogP contribution in [0.15, 0.2) is 18.2 Å². The van der Waals surface area contributed by atoms with Crippen LogP contribution in [0.5, 0.6) is 0 Å². The van der Waals surface area contributed by atoms with E-state index < -0.39 is 263 Å². The van der Waals surface area contributed by atoms with E-state index in [0.717, 1.165) is 0 Å². The summed E-state index contributed by atoms with van der Waals surface area (Å²) in [6.45, 7) is 0. The van der Waals surface area contributed by atoms with E-state index in [9.17, 15) is 22.0 Å². The molecular weight excluding hydrogens is 1210 g/mol. The molecule has 0 unspecified atom stereocenters. The Bertz CT molecular complexity index is 4820. The van der Waals surface area contributed by atoms with Gasteiger partial charge >= 0.3 is 0 Å². The number of nitrogens with zero attached hydrogens (tertiary/aromatic N) is 4. The number of nitrogens with one attached hydrogen (secondary N) is 1. The minimum absolute atomic E-state index is 0.391. The first kappa shape index (κ1) is 55.6. The van der Waals surface area contributed by atoms with Gasteiger partial charge in [-0.1, -0.05) is 0 Å². The van der Waals surface area contributed by atoms with Gasteiger partial charge in [0.05, 0.1) is 89.6 Å². The zero-order valence-electron chi connectivity index (χ0n) is 39.9. The minimum Gasteiger partial charge on any atom is -0.353 e. The molecule has 0 fully saturated rings. The molecule has 3 aliphatic rings. The van der Waals surface area contributed by atoms with E-state index in [-0.39, 0.29) is 0 Å². The predicted molar refractivity (Wildman–Crippen MR) is 248 cm³/mol. The third kappa shape index (κ3) is 7.54. The molecule has 0 spiro atoms. The van der Waals surface area contributed by atoms with Gasteiger partial charge in [-0.15, -0.1) is 0 Å². The molecule has 4 aromatic heterocycles. The molecule has 0 aliphatic carbocycles. The lowest BCUT2D eigenvalue weighted by atomic mass is 9.99. The Morgan fingerprint density at radius 1 is 0.224 bits per heavy atom. The van der Waals surface area contributed by atoms with Crippen LogP contribution >= 0.6 is 0 Å². The Hall–Kier alpha value is -9.90. The van der Waals surface area contributed by atoms with Crippen molar-refractivity contribution >= 4 is 64.0 Å². The lowest BCUT2D eigenvalue weighted by Gasteiger charge is -2.12. The second-order valence-electron chi connectivity index (χ2n) is 18.1. The van der Waals surface area contributed by atoms with Crippen LogP contribution < -0.4 is 0 Å². The van der Waals surface area contributed by atoms with Gasteiger partial charge < -0.3 is 9.38 Å². The van der Waals surface area contributed by atoms with Crippen LogP contribution in [-0.4, -0.2) is 24.3 Å². The summed E-state index contributed by atoms with van der Waals surface area (Å²) in [4.78, 5) is 14.0. The lowest BCUT2D eigenvalue weighted by Crippen LogP contribution is -2.07. The highest BCUT2D eigenvalue weighted by molar-refractivity contribution is 6.11. The largest absolute Gasteiger partial charge is 0.353 e. The van der Waals surface area contributed by atoms with Crippen LogP contribution in [0.1, 0.15) is 34.2 Å². The first-order chi connectivity index (χ1) is 40.1. The van der Waals surface area contributed by atoms with Crippen LogP contribution in [0.4, 0.5) is 110 Å². The second-order valence-corrected chi connectivity index (χ2v) is 18.1. The molecule has 0 radical (unpaired) electrons. The fraction of sp³-hybridized carbons (Fsp3) is 0. The molecule has 0 saturated heterocycles. The van der Waals surface area contributed by atoms with Gasteiger partial charge in [-0.3, -0.25) is 0 Å². The third-order valence-corrected chi connectivity index (χ3v) is 13.7. The highest BCUT2D eigenvalue weighted by Gasteiger charge is 2.38. The van der Waals surface area contributed by atoms with Gasteiger partial charge in [-0.05, 0) is 54.7 Å². The van der Waals surface area contributed by atoms with Crippen molar-refractivity contribution in [2.24, 2.45) is 0 Å². The number of hydrogen-bond donors (Lipinski definition) is 1. The van der Waals surface area contributed by atoms with Gasteiger partial charge in [0.1, 0.15) is 0 Å². The van der Waals surface area contributed by atoms with Crippen LogP contribution in [0, 0.1) is 145 Å². The Balaban J connectivity index is 1.43. The van der Waals surface area contributed by atoms with E-state index in [1.807, 2.05) is 0 Å². The normalized spacial score (nSPS) is 12.6. The average Bonchev–Trinajstić information content (AvgIpc) is 1.96. The predicted octanol–water partition coefficient (Wildman–Crippen LogP) is 17.3. The maximum absolute atomic E-state index is 16.5. The molecule has 85 heavy (non-hydrogen) atoms. The van der Waals surface area contributed by atoms with Crippen molar-refractivity contribution in [3.05, 3.63) is 198 Å². The van der Waals surface area contributed by atoms with Gasteiger partial charge in [-0.25, -0.2) is 125 Å². The minimum atomic E-state index is -2.87. The molecular formula is C55H10F25N5. The highest BCUT2D eigenvalue weighted by Crippen LogP contribution is 2.49. The Morgan fingerprint density at radius 3 is 0.729 bits per heavy atom. The van der Waals surface area contributed by atoms with Crippen molar-refractivity contribution in [3.8, 4) is 55.6 Å². The zero-order valence-corrected chi connectivity index (χ0v) is 39.9. The first-order valence-corrected chi connectivity index (χ1v) is 23.0. The summed E-state index contributed by atoms with van der Waals surface area (Å²) >= 11 is 0. The SMILES string of the molecule is Fc1c(F)c(F)c(-c2c3nc(c(-c4c(F)c(F)c(F)c(F)c4F)c4nc(c(-c5c(F)c(F)c(F)c(F)c5F)c5ccc6c(-c7c(F)c(F)c(F)c(F)c7F)c7[nH]c(cc7n56)c(-c5c(F)c(F)c(F)c(F)c5F)c5nc2C=C5)C=C4)C=C3)c(F)c1F. The van der Waals surface area contributed by atoms with E-state index in [1.54, 1.807) is 0 Å². The van der Waals surface area contributed by atoms with Crippen LogP contribution in [0.2, 0.25) is 0 Å². The fourth-order valence-electron chi connectivity index (χ4n) is 10.0. The van der Waals surface area contributed by atoms with E-state index in [1.165, 1.54) is 0 Å². The molecule has 0 saturated carbocycles. The summed E-state index contributed by atoms with van der Waals surface area (Å²) in [7, 11) is 0. The van der Waals surface area contributed by atoms with E-state index in [0.29, 0.717) is 59.1 Å². The topological polar surface area (TPSA) is 58.9 Å². The number of aromatic nitrogens is 5. The molecule has 0 amide bonds. The summed E-state index contributed by atoms with van der Waals surface area (Å²) in [5, 5.41) is 0. The molecule has 7 heterocycles. The number of benzene rings is 5. The van der Waals surface area contributed by atoms with E-state index >= 15 is 87.8 Å². The third-order valence-electron chi connectivity index (χ3n) is 13.7. The monoisotopic (exact) mass is 1220 g/mol. The van der Waals surface area contributed by atoms with Gasteiger partial charge in [0, 0.05) is 27.8 Å². The maximum Gasteiger partial charge on any atom is 0.200 e. The van der Waals surface area contributed by atoms with Crippen molar-refractivity contribution in [1.82, 2.24) is 24.3 Å². The summed E-state index contributed by atoms with van der Waals surface area (Å²) in [6, 6.07) is 1.57. The highest BCUT2D eigenvalue weighted by atomic mass is 19.2. The summed E-state index contributed by atoms with van der Waals surface area (Å²) in [5.74, 6) is -69.6. The summed E-state index contributed by atoms with van der Waals surface area (Å²) < 4.78 is 390. The van der Waals surface area contributed by atoms with Crippen LogP contribution in [0.25, 0.3) is 120 Å². The van der Waals surface area contributed by atoms with Crippen LogP contribution in [0.3, 0.4) is 0 Å². The standard InChI is InChI=1S/C55H10F25N5/c56-30-25(31(57)41(67)50(76)40(30)66)20-10-1-2-11(81-10)21(26-32(58)42(68)51(77)43(69)33(26)59)13-5-6-15(83-13)23(28-36(62)46(72)53(79)47(73)37(28)63)17-7-8-18-24(29-38(64)48(74)54(80)49(75)39(29)65)55-19(85(17)18)9-16(84-55)22(14-4-3-12(20)82-14)27-34(60)44(70)52(78)45(71)35(27)61/h1-9,84H. The lowest BCUT2D eigenvalue weighted by molar-refractivity contribution is 0.381. The Kier molecular flexibility index (Phi) is 12.5. The molecule has 5 nitrogen and oxygen atoms in total. The van der Waals surface area contributed by atoms with Crippen molar-refractivity contribution in [3.63, 3.8) is 0 Å². The molecule has 0 atom stereocenters. The van der Waals surface area contributed by atoms with Crippen molar-refractivity contribution in [2.75, 3.05) is 0 Å². The molecule has 8 bridgehead atoms. The number of H-pyrrole nitrogens is 1. The first-order valence-electron chi connectivity index (χ1n) is 23.0. The smallest absolute Gasteiger partial charge is 0.200 e. The summed E-state index contributed by atoms with van der Waals surface area (Å²) in [5.41, 5.74) is -30.7. The van der Waals surface area contributed by atoms with Crippen molar-refractivity contribution in [1.29, 1.82) is 0 Å². The molecule has 430 valence electrons. The van der Waals surface area contributed by atoms with E-state index in [2.05, 4.69) is 19.9 Å². The summed E-state index contributed by atoms with van der Waals surface area (Å²) in [6.07, 6.45) is 2.72.